The number of fused-ring (bicyclic) bond motifs is 1. The van der Waals surface area contributed by atoms with E-state index in [0.29, 0.717) is 23.7 Å². The van der Waals surface area contributed by atoms with Crippen LogP contribution in [0.3, 0.4) is 0 Å². The Labute approximate surface area is 227 Å². The Morgan fingerprint density at radius 3 is 2.79 bits per heavy atom. The first-order valence-electron chi connectivity index (χ1n) is 14.5. The van der Waals surface area contributed by atoms with Crippen molar-refractivity contribution >= 4 is 5.52 Å². The van der Waals surface area contributed by atoms with Crippen LogP contribution in [0.1, 0.15) is 46.4 Å². The lowest BCUT2D eigenvalue weighted by atomic mass is 9.75. The van der Waals surface area contributed by atoms with E-state index >= 15 is 0 Å². The fourth-order valence-electron chi connectivity index (χ4n) is 5.82. The number of nitrogens with zero attached hydrogens (tertiary/aromatic N) is 6. The number of piperidine rings is 1. The maximum absolute atomic E-state index is 14.2. The van der Waals surface area contributed by atoms with E-state index in [2.05, 4.69) is 22.0 Å². The van der Waals surface area contributed by atoms with Crippen molar-refractivity contribution in [1.29, 1.82) is 0 Å². The van der Waals surface area contributed by atoms with Gasteiger partial charge in [-0.05, 0) is 54.6 Å². The predicted octanol–water partition coefficient (Wildman–Crippen LogP) is 3.98. The standard InChI is InChI=1S/C28H31F3N6O2/c1-19-5-4-8-35(12-19)13-20-9-23(28(29,30)31)24-15-36(26(38)37(24)14-20)22-7-3-6-21(10-22)27(16-39-17-27)11-25-33-32-18-34(25)2/h3,6-7,9-10,14-15,18-19H,4-5,8,11-13,16-17H2,1-2H3/t19-/m0/s1/i2D3. The number of hydrogen-bond donors (Lipinski definition) is 0. The zero-order valence-electron chi connectivity index (χ0n) is 24.5. The zero-order valence-corrected chi connectivity index (χ0v) is 21.5. The second-order valence-corrected chi connectivity index (χ2v) is 10.9. The van der Waals surface area contributed by atoms with Crippen LogP contribution in [0.4, 0.5) is 13.2 Å². The molecule has 0 amide bonds. The van der Waals surface area contributed by atoms with Crippen molar-refractivity contribution in [3.63, 3.8) is 0 Å². The number of ether oxygens (including phenoxy) is 1. The third kappa shape index (κ3) is 4.78. The molecule has 206 valence electrons. The number of aromatic nitrogens is 5. The van der Waals surface area contributed by atoms with Crippen molar-refractivity contribution in [2.24, 2.45) is 12.9 Å². The minimum Gasteiger partial charge on any atom is -0.379 e. The monoisotopic (exact) mass is 543 g/mol. The molecule has 2 aliphatic heterocycles. The fraction of sp³-hybridized carbons (Fsp3) is 0.464. The van der Waals surface area contributed by atoms with Crippen LogP contribution < -0.4 is 5.69 Å². The molecule has 4 aromatic rings. The van der Waals surface area contributed by atoms with Gasteiger partial charge in [-0.1, -0.05) is 19.1 Å². The highest BCUT2D eigenvalue weighted by Crippen LogP contribution is 2.37. The SMILES string of the molecule is [2H]C([2H])([2H])n1cnnc1CC1(c2cccc(-n3cc4c(C(F)(F)F)cc(CN5CCC[C@H](C)C5)cn4c3=O)c2)COC1. The molecule has 0 N–H and O–H groups in total. The van der Waals surface area contributed by atoms with Crippen molar-refractivity contribution in [2.75, 3.05) is 26.3 Å². The van der Waals surface area contributed by atoms with E-state index in [0.717, 1.165) is 52.9 Å². The summed E-state index contributed by atoms with van der Waals surface area (Å²) in [5.74, 6) is 0.732. The minimum atomic E-state index is -4.65. The molecule has 5 heterocycles. The third-order valence-electron chi connectivity index (χ3n) is 7.88. The molecule has 0 saturated carbocycles. The summed E-state index contributed by atoms with van der Waals surface area (Å²) in [4.78, 5) is 15.7. The zero-order chi connectivity index (χ0) is 29.9. The van der Waals surface area contributed by atoms with Crippen LogP contribution in [0.15, 0.2) is 53.8 Å². The molecule has 1 aromatic carbocycles. The van der Waals surface area contributed by atoms with Crippen LogP contribution in [-0.4, -0.2) is 54.9 Å². The van der Waals surface area contributed by atoms with Gasteiger partial charge in [0.2, 0.25) is 0 Å². The highest BCUT2D eigenvalue weighted by atomic mass is 19.4. The van der Waals surface area contributed by atoms with Gasteiger partial charge in [-0.2, -0.15) is 13.2 Å². The number of alkyl halides is 3. The lowest BCUT2D eigenvalue weighted by Gasteiger charge is -2.41. The average Bonchev–Trinajstić information content (AvgIpc) is 3.50. The quantitative estimate of drug-likeness (QED) is 0.368. The van der Waals surface area contributed by atoms with E-state index < -0.39 is 29.8 Å². The predicted molar refractivity (Wildman–Crippen MR) is 139 cm³/mol. The molecule has 6 rings (SSSR count). The van der Waals surface area contributed by atoms with Gasteiger partial charge in [0.05, 0.1) is 30.0 Å². The number of benzene rings is 1. The maximum Gasteiger partial charge on any atom is 0.418 e. The summed E-state index contributed by atoms with van der Waals surface area (Å²) in [6, 6.07) is 8.11. The Balaban J connectivity index is 1.38. The summed E-state index contributed by atoms with van der Waals surface area (Å²) < 4.78 is 74.9. The van der Waals surface area contributed by atoms with Gasteiger partial charge in [0.25, 0.3) is 0 Å². The molecule has 0 spiro atoms. The number of hydrogen-bond acceptors (Lipinski definition) is 5. The molecule has 0 unspecified atom stereocenters. The fourth-order valence-corrected chi connectivity index (χ4v) is 5.82. The Morgan fingerprint density at radius 1 is 1.23 bits per heavy atom. The van der Waals surface area contributed by atoms with Crippen LogP contribution >= 0.6 is 0 Å². The number of pyridine rings is 1. The summed E-state index contributed by atoms with van der Waals surface area (Å²) in [7, 11) is 0. The van der Waals surface area contributed by atoms with Gasteiger partial charge in [0.1, 0.15) is 12.2 Å². The minimum absolute atomic E-state index is 0.220. The second-order valence-electron chi connectivity index (χ2n) is 10.9. The number of halogens is 3. The molecule has 2 fully saturated rings. The Hall–Kier alpha value is -3.44. The van der Waals surface area contributed by atoms with E-state index in [4.69, 9.17) is 8.85 Å². The van der Waals surface area contributed by atoms with Crippen molar-refractivity contribution in [1.82, 2.24) is 28.6 Å². The lowest BCUT2D eigenvalue weighted by molar-refractivity contribution is -0.136. The molecule has 0 aliphatic carbocycles. The summed E-state index contributed by atoms with van der Waals surface area (Å²) in [6.07, 6.45) is 1.56. The molecule has 0 radical (unpaired) electrons. The Bertz CT molecular complexity index is 1670. The summed E-state index contributed by atoms with van der Waals surface area (Å²) in [5, 5.41) is 7.78. The van der Waals surface area contributed by atoms with Crippen molar-refractivity contribution < 1.29 is 22.0 Å². The smallest absolute Gasteiger partial charge is 0.379 e. The van der Waals surface area contributed by atoms with Crippen LogP contribution in [0, 0.1) is 5.92 Å². The largest absolute Gasteiger partial charge is 0.418 e. The van der Waals surface area contributed by atoms with Crippen molar-refractivity contribution in [2.45, 2.75) is 44.3 Å². The molecular weight excluding hydrogens is 509 g/mol. The van der Waals surface area contributed by atoms with E-state index in [1.54, 1.807) is 18.2 Å². The Kier molecular flexibility index (Phi) is 5.53. The highest BCUT2D eigenvalue weighted by molar-refractivity contribution is 5.58. The van der Waals surface area contributed by atoms with Gasteiger partial charge in [0.15, 0.2) is 0 Å². The van der Waals surface area contributed by atoms with Gasteiger partial charge in [-0.25, -0.2) is 4.79 Å². The number of aryl methyl sites for hydroxylation is 1. The van der Waals surface area contributed by atoms with Crippen molar-refractivity contribution in [3.8, 4) is 5.69 Å². The van der Waals surface area contributed by atoms with Gasteiger partial charge in [-0.15, -0.1) is 10.2 Å². The number of imidazole rings is 1. The number of rotatable bonds is 6. The highest BCUT2D eigenvalue weighted by Gasteiger charge is 2.42. The van der Waals surface area contributed by atoms with Gasteiger partial charge in [-0.3, -0.25) is 13.9 Å². The van der Waals surface area contributed by atoms with Crippen LogP contribution in [0.5, 0.6) is 0 Å². The molecule has 0 bridgehead atoms. The second kappa shape index (κ2) is 9.63. The van der Waals surface area contributed by atoms with Gasteiger partial charge < -0.3 is 9.30 Å². The van der Waals surface area contributed by atoms with Crippen molar-refractivity contribution in [3.05, 3.63) is 82.1 Å². The van der Waals surface area contributed by atoms with Crippen LogP contribution in [0.2, 0.25) is 0 Å². The first-order chi connectivity index (χ1) is 19.8. The first-order valence-corrected chi connectivity index (χ1v) is 13.0. The number of likely N-dealkylation sites (tertiary alicyclic amines) is 1. The Morgan fingerprint density at radius 2 is 2.08 bits per heavy atom. The maximum atomic E-state index is 14.2. The molecule has 1 atom stereocenters. The normalized spacial score (nSPS) is 21.3. The van der Waals surface area contributed by atoms with E-state index in [9.17, 15) is 18.0 Å². The topological polar surface area (TPSA) is 69.6 Å². The first kappa shape index (κ1) is 22.4. The van der Waals surface area contributed by atoms with E-state index in [1.807, 2.05) is 6.07 Å². The average molecular weight is 544 g/mol. The van der Waals surface area contributed by atoms with E-state index in [-0.39, 0.29) is 31.0 Å². The molecule has 8 nitrogen and oxygen atoms in total. The molecule has 11 heteroatoms. The molecular formula is C28H31F3N6O2. The summed E-state index contributed by atoms with van der Waals surface area (Å²) in [5.41, 5.74) is -0.742. The molecule has 2 aliphatic rings. The van der Waals surface area contributed by atoms with Gasteiger partial charge >= 0.3 is 11.9 Å². The lowest BCUT2D eigenvalue weighted by Crippen LogP contribution is -2.49. The molecule has 3 aromatic heterocycles. The molecule has 2 saturated heterocycles. The summed E-state index contributed by atoms with van der Waals surface area (Å²) in [6.45, 7) is 2.19. The van der Waals surface area contributed by atoms with Gasteiger partial charge in [0, 0.05) is 48.4 Å². The van der Waals surface area contributed by atoms with E-state index in [1.165, 1.54) is 17.0 Å². The van der Waals surface area contributed by atoms with Crippen LogP contribution in [0.25, 0.3) is 11.2 Å². The summed E-state index contributed by atoms with van der Waals surface area (Å²) >= 11 is 0. The molecule has 39 heavy (non-hydrogen) atoms. The van der Waals surface area contributed by atoms with Crippen LogP contribution in [-0.2, 0) is 36.3 Å². The third-order valence-corrected chi connectivity index (χ3v) is 7.88.